The minimum Gasteiger partial charge on any atom is -0.349 e. The molecule has 3 aliphatic rings. The number of ether oxygens (including phenoxy) is 2. The van der Waals surface area contributed by atoms with E-state index in [0.29, 0.717) is 23.7 Å². The van der Waals surface area contributed by atoms with Crippen molar-refractivity contribution >= 4 is 33.9 Å². The standard InChI is InChI=1S/C21H26N4O3S/c26-19-16-14-15(5-6-17(16)23-18-4-2-1-3-9-25(18)19)22-20(29)24-10-7-21(8-11-24)27-12-13-28-21/h5-6,14H,1-4,7-13H2,(H,22,29). The van der Waals surface area contributed by atoms with E-state index in [1.54, 1.807) is 0 Å². The molecule has 1 spiro atoms. The summed E-state index contributed by atoms with van der Waals surface area (Å²) in [5.41, 5.74) is 1.64. The number of hydrogen-bond acceptors (Lipinski definition) is 5. The molecule has 3 aliphatic heterocycles. The van der Waals surface area contributed by atoms with Crippen molar-refractivity contribution in [2.45, 2.75) is 50.9 Å². The molecule has 2 aromatic rings. The zero-order valence-electron chi connectivity index (χ0n) is 16.5. The van der Waals surface area contributed by atoms with Crippen LogP contribution in [-0.4, -0.2) is 51.7 Å². The van der Waals surface area contributed by atoms with Crippen LogP contribution in [0.3, 0.4) is 0 Å². The van der Waals surface area contributed by atoms with E-state index in [-0.39, 0.29) is 5.56 Å². The molecule has 7 nitrogen and oxygen atoms in total. The van der Waals surface area contributed by atoms with Gasteiger partial charge in [0.2, 0.25) is 0 Å². The van der Waals surface area contributed by atoms with Gasteiger partial charge in [-0.15, -0.1) is 0 Å². The molecular formula is C21H26N4O3S. The van der Waals surface area contributed by atoms with E-state index in [1.165, 1.54) is 0 Å². The molecule has 0 aliphatic carbocycles. The normalized spacial score (nSPS) is 21.2. The highest BCUT2D eigenvalue weighted by Crippen LogP contribution is 2.31. The topological polar surface area (TPSA) is 68.6 Å². The molecule has 4 heterocycles. The molecule has 0 atom stereocenters. The van der Waals surface area contributed by atoms with Gasteiger partial charge in [-0.25, -0.2) is 4.98 Å². The monoisotopic (exact) mass is 414 g/mol. The third kappa shape index (κ3) is 3.65. The van der Waals surface area contributed by atoms with Crippen LogP contribution in [0.15, 0.2) is 23.0 Å². The highest BCUT2D eigenvalue weighted by Gasteiger charge is 2.40. The van der Waals surface area contributed by atoms with Gasteiger partial charge in [-0.05, 0) is 43.3 Å². The SMILES string of the molecule is O=c1c2cc(NC(=S)N3CCC4(CC3)OCCO4)ccc2nc2n1CCCCC2. The minimum absolute atomic E-state index is 0.0527. The number of fused-ring (bicyclic) bond motifs is 2. The lowest BCUT2D eigenvalue weighted by molar-refractivity contribution is -0.180. The molecule has 0 radical (unpaired) electrons. The van der Waals surface area contributed by atoms with Gasteiger partial charge in [0, 0.05) is 44.6 Å². The second-order valence-electron chi connectivity index (χ2n) is 8.05. The molecule has 0 amide bonds. The third-order valence-corrected chi connectivity index (χ3v) is 6.55. The molecule has 0 bridgehead atoms. The Labute approximate surface area is 175 Å². The number of piperidine rings is 1. The van der Waals surface area contributed by atoms with Crippen molar-refractivity contribution in [2.75, 3.05) is 31.6 Å². The highest BCUT2D eigenvalue weighted by molar-refractivity contribution is 7.80. The molecular weight excluding hydrogens is 388 g/mol. The Hall–Kier alpha value is -2.03. The second-order valence-corrected chi connectivity index (χ2v) is 8.44. The fourth-order valence-corrected chi connectivity index (χ4v) is 4.84. The quantitative estimate of drug-likeness (QED) is 0.720. The lowest BCUT2D eigenvalue weighted by Crippen LogP contribution is -2.48. The first kappa shape index (κ1) is 19.0. The summed E-state index contributed by atoms with van der Waals surface area (Å²) in [5, 5.41) is 4.62. The van der Waals surface area contributed by atoms with E-state index in [9.17, 15) is 4.79 Å². The fourth-order valence-electron chi connectivity index (χ4n) is 4.53. The molecule has 1 aromatic carbocycles. The summed E-state index contributed by atoms with van der Waals surface area (Å²) in [7, 11) is 0. The van der Waals surface area contributed by atoms with Gasteiger partial charge in [0.15, 0.2) is 10.9 Å². The van der Waals surface area contributed by atoms with E-state index in [1.807, 2.05) is 22.8 Å². The predicted octanol–water partition coefficient (Wildman–Crippen LogP) is 2.66. The molecule has 29 heavy (non-hydrogen) atoms. The van der Waals surface area contributed by atoms with E-state index >= 15 is 0 Å². The molecule has 0 unspecified atom stereocenters. The van der Waals surface area contributed by atoms with Crippen LogP contribution in [0.1, 0.15) is 37.9 Å². The zero-order valence-corrected chi connectivity index (χ0v) is 17.3. The maximum atomic E-state index is 13.0. The number of hydrogen-bond donors (Lipinski definition) is 1. The van der Waals surface area contributed by atoms with Crippen LogP contribution in [-0.2, 0) is 22.4 Å². The first-order valence-corrected chi connectivity index (χ1v) is 10.9. The zero-order chi connectivity index (χ0) is 19.8. The Bertz CT molecular complexity index is 989. The van der Waals surface area contributed by atoms with Crippen LogP contribution < -0.4 is 10.9 Å². The van der Waals surface area contributed by atoms with Gasteiger partial charge in [-0.1, -0.05) is 6.42 Å². The van der Waals surface area contributed by atoms with Gasteiger partial charge in [0.1, 0.15) is 5.82 Å². The maximum Gasteiger partial charge on any atom is 0.261 e. The van der Waals surface area contributed by atoms with Crippen LogP contribution in [0, 0.1) is 0 Å². The molecule has 2 saturated heterocycles. The summed E-state index contributed by atoms with van der Waals surface area (Å²) in [6.07, 6.45) is 5.77. The van der Waals surface area contributed by atoms with Crippen molar-refractivity contribution in [1.29, 1.82) is 0 Å². The predicted molar refractivity (Wildman–Crippen MR) is 115 cm³/mol. The van der Waals surface area contributed by atoms with Gasteiger partial charge >= 0.3 is 0 Å². The number of thiocarbonyl (C=S) groups is 1. The van der Waals surface area contributed by atoms with Gasteiger partial charge in [0.25, 0.3) is 5.56 Å². The van der Waals surface area contributed by atoms with Crippen molar-refractivity contribution in [3.05, 3.63) is 34.4 Å². The van der Waals surface area contributed by atoms with Crippen LogP contribution in [0.5, 0.6) is 0 Å². The first-order chi connectivity index (χ1) is 14.1. The lowest BCUT2D eigenvalue weighted by Gasteiger charge is -2.38. The van der Waals surface area contributed by atoms with E-state index < -0.39 is 5.79 Å². The number of nitrogens with zero attached hydrogens (tertiary/aromatic N) is 3. The van der Waals surface area contributed by atoms with Crippen LogP contribution in [0.25, 0.3) is 10.9 Å². The molecule has 154 valence electrons. The number of nitrogens with one attached hydrogen (secondary N) is 1. The summed E-state index contributed by atoms with van der Waals surface area (Å²) >= 11 is 5.62. The maximum absolute atomic E-state index is 13.0. The lowest BCUT2D eigenvalue weighted by atomic mass is 10.0. The largest absolute Gasteiger partial charge is 0.349 e. The Kier molecular flexibility index (Phi) is 5.01. The molecule has 0 saturated carbocycles. The van der Waals surface area contributed by atoms with Crippen molar-refractivity contribution < 1.29 is 9.47 Å². The van der Waals surface area contributed by atoms with Crippen molar-refractivity contribution in [1.82, 2.24) is 14.5 Å². The number of benzene rings is 1. The summed E-state index contributed by atoms with van der Waals surface area (Å²) in [6, 6.07) is 5.74. The van der Waals surface area contributed by atoms with E-state index in [2.05, 4.69) is 10.2 Å². The Morgan fingerprint density at radius 2 is 1.90 bits per heavy atom. The van der Waals surface area contributed by atoms with Gasteiger partial charge in [-0.2, -0.15) is 0 Å². The average Bonchev–Trinajstić information content (AvgIpc) is 3.04. The Morgan fingerprint density at radius 3 is 2.69 bits per heavy atom. The summed E-state index contributed by atoms with van der Waals surface area (Å²) in [4.78, 5) is 19.9. The highest BCUT2D eigenvalue weighted by atomic mass is 32.1. The molecule has 1 N–H and O–H groups in total. The van der Waals surface area contributed by atoms with Crippen molar-refractivity contribution in [3.63, 3.8) is 0 Å². The van der Waals surface area contributed by atoms with Crippen LogP contribution in [0.4, 0.5) is 5.69 Å². The van der Waals surface area contributed by atoms with Gasteiger partial charge in [-0.3, -0.25) is 9.36 Å². The van der Waals surface area contributed by atoms with Crippen LogP contribution >= 0.6 is 12.2 Å². The second kappa shape index (κ2) is 7.66. The summed E-state index contributed by atoms with van der Waals surface area (Å²) in [6.45, 7) is 3.68. The number of anilines is 1. The smallest absolute Gasteiger partial charge is 0.261 e. The van der Waals surface area contributed by atoms with Crippen molar-refractivity contribution in [3.8, 4) is 0 Å². The molecule has 5 rings (SSSR count). The average molecular weight is 415 g/mol. The number of likely N-dealkylation sites (tertiary alicyclic amines) is 1. The number of aromatic nitrogens is 2. The van der Waals surface area contributed by atoms with Gasteiger partial charge in [0.05, 0.1) is 24.1 Å². The van der Waals surface area contributed by atoms with E-state index in [4.69, 9.17) is 26.7 Å². The third-order valence-electron chi connectivity index (χ3n) is 6.19. The van der Waals surface area contributed by atoms with Gasteiger partial charge < -0.3 is 19.7 Å². The minimum atomic E-state index is -0.410. The molecule has 2 fully saturated rings. The summed E-state index contributed by atoms with van der Waals surface area (Å²) in [5.74, 6) is 0.502. The molecule has 1 aromatic heterocycles. The van der Waals surface area contributed by atoms with E-state index in [0.717, 1.165) is 75.2 Å². The Morgan fingerprint density at radius 1 is 1.10 bits per heavy atom. The fraction of sp³-hybridized carbons (Fsp3) is 0.571. The molecule has 8 heteroatoms. The summed E-state index contributed by atoms with van der Waals surface area (Å²) < 4.78 is 13.4. The Balaban J connectivity index is 1.33. The number of aryl methyl sites for hydroxylation is 1. The number of rotatable bonds is 1. The first-order valence-electron chi connectivity index (χ1n) is 10.5. The van der Waals surface area contributed by atoms with Crippen molar-refractivity contribution in [2.24, 2.45) is 0 Å². The van der Waals surface area contributed by atoms with Crippen LogP contribution in [0.2, 0.25) is 0 Å².